The largest absolute Gasteiger partial charge is 0.480 e. The molecular formula is C13H12N2O5. The summed E-state index contributed by atoms with van der Waals surface area (Å²) in [6.45, 7) is -0.327. The standard InChI is InChI=1S/C13H12N2O5/c16-12(17)7-15(8-3-4-8)13(18)9-6-11(20-14-9)10-2-1-5-19-10/h1-2,5-6,8H,3-4,7H2,(H,16,17). The molecule has 3 rings (SSSR count). The Morgan fingerprint density at radius 1 is 1.40 bits per heavy atom. The van der Waals surface area contributed by atoms with E-state index >= 15 is 0 Å². The summed E-state index contributed by atoms with van der Waals surface area (Å²) in [6.07, 6.45) is 3.13. The van der Waals surface area contributed by atoms with Gasteiger partial charge >= 0.3 is 5.97 Å². The molecule has 0 saturated heterocycles. The minimum atomic E-state index is -1.04. The van der Waals surface area contributed by atoms with E-state index in [4.69, 9.17) is 14.0 Å². The van der Waals surface area contributed by atoms with Crippen molar-refractivity contribution >= 4 is 11.9 Å². The maximum Gasteiger partial charge on any atom is 0.323 e. The molecule has 7 nitrogen and oxygen atoms in total. The minimum absolute atomic E-state index is 0.0117. The van der Waals surface area contributed by atoms with Crippen molar-refractivity contribution < 1.29 is 23.6 Å². The van der Waals surface area contributed by atoms with Gasteiger partial charge in [-0.05, 0) is 25.0 Å². The van der Waals surface area contributed by atoms with Crippen LogP contribution in [0.5, 0.6) is 0 Å². The Morgan fingerprint density at radius 2 is 2.20 bits per heavy atom. The quantitative estimate of drug-likeness (QED) is 0.891. The average Bonchev–Trinajstić information content (AvgIpc) is 2.94. The van der Waals surface area contributed by atoms with Crippen molar-refractivity contribution in [1.82, 2.24) is 10.1 Å². The van der Waals surface area contributed by atoms with Crippen LogP contribution in [0.1, 0.15) is 23.3 Å². The Labute approximate surface area is 113 Å². The molecule has 0 aliphatic heterocycles. The lowest BCUT2D eigenvalue weighted by Gasteiger charge is -2.18. The third kappa shape index (κ3) is 2.42. The summed E-state index contributed by atoms with van der Waals surface area (Å²) >= 11 is 0. The Balaban J connectivity index is 1.80. The van der Waals surface area contributed by atoms with Crippen LogP contribution in [-0.4, -0.2) is 39.6 Å². The molecule has 0 bridgehead atoms. The summed E-state index contributed by atoms with van der Waals surface area (Å²) in [5.74, 6) is -0.673. The van der Waals surface area contributed by atoms with E-state index in [1.807, 2.05) is 0 Å². The first-order valence-electron chi connectivity index (χ1n) is 6.18. The lowest BCUT2D eigenvalue weighted by Crippen LogP contribution is -2.37. The second kappa shape index (κ2) is 4.84. The molecule has 0 unspecified atom stereocenters. The number of amides is 1. The molecule has 1 N–H and O–H groups in total. The molecule has 1 aliphatic carbocycles. The number of aromatic nitrogens is 1. The highest BCUT2D eigenvalue weighted by Crippen LogP contribution is 2.29. The van der Waals surface area contributed by atoms with E-state index in [0.29, 0.717) is 11.5 Å². The summed E-state index contributed by atoms with van der Waals surface area (Å²) in [5.41, 5.74) is 0.0875. The van der Waals surface area contributed by atoms with Crippen LogP contribution in [-0.2, 0) is 4.79 Å². The zero-order valence-electron chi connectivity index (χ0n) is 10.5. The van der Waals surface area contributed by atoms with Gasteiger partial charge < -0.3 is 18.9 Å². The molecule has 0 radical (unpaired) electrons. The van der Waals surface area contributed by atoms with Crippen LogP contribution in [0.25, 0.3) is 11.5 Å². The van der Waals surface area contributed by atoms with Crippen molar-refractivity contribution in [2.24, 2.45) is 0 Å². The number of hydrogen-bond donors (Lipinski definition) is 1. The van der Waals surface area contributed by atoms with Crippen molar-refractivity contribution in [3.63, 3.8) is 0 Å². The first-order valence-corrected chi connectivity index (χ1v) is 6.18. The van der Waals surface area contributed by atoms with Gasteiger partial charge in [0.25, 0.3) is 5.91 Å². The van der Waals surface area contributed by atoms with Crippen molar-refractivity contribution in [3.8, 4) is 11.5 Å². The molecule has 2 heterocycles. The number of aliphatic carboxylic acids is 1. The van der Waals surface area contributed by atoms with Crippen molar-refractivity contribution in [1.29, 1.82) is 0 Å². The molecule has 0 aromatic carbocycles. The van der Waals surface area contributed by atoms with E-state index in [1.54, 1.807) is 12.1 Å². The van der Waals surface area contributed by atoms with Gasteiger partial charge in [0.15, 0.2) is 11.5 Å². The number of carboxylic acid groups (broad SMARTS) is 1. The third-order valence-corrected chi connectivity index (χ3v) is 3.05. The predicted octanol–water partition coefficient (Wildman–Crippen LogP) is 1.62. The number of furan rings is 1. The number of hydrogen-bond acceptors (Lipinski definition) is 5. The Hall–Kier alpha value is -2.57. The third-order valence-electron chi connectivity index (χ3n) is 3.05. The second-order valence-electron chi connectivity index (χ2n) is 4.61. The fourth-order valence-electron chi connectivity index (χ4n) is 1.96. The van der Waals surface area contributed by atoms with Crippen molar-refractivity contribution in [2.45, 2.75) is 18.9 Å². The summed E-state index contributed by atoms with van der Waals surface area (Å²) in [7, 11) is 0. The Morgan fingerprint density at radius 3 is 2.80 bits per heavy atom. The van der Waals surface area contributed by atoms with Gasteiger partial charge in [-0.2, -0.15) is 0 Å². The van der Waals surface area contributed by atoms with Crippen LogP contribution < -0.4 is 0 Å². The zero-order chi connectivity index (χ0) is 14.1. The highest BCUT2D eigenvalue weighted by atomic mass is 16.5. The SMILES string of the molecule is O=C(O)CN(C(=O)c1cc(-c2ccco2)on1)C1CC1. The number of carboxylic acids is 1. The molecule has 20 heavy (non-hydrogen) atoms. The molecule has 1 aliphatic rings. The second-order valence-corrected chi connectivity index (χ2v) is 4.61. The predicted molar refractivity (Wildman–Crippen MR) is 65.9 cm³/mol. The maximum atomic E-state index is 12.3. The Kier molecular flexibility index (Phi) is 3.02. The van der Waals surface area contributed by atoms with E-state index in [1.165, 1.54) is 17.2 Å². The number of carbonyl (C=O) groups is 2. The molecular weight excluding hydrogens is 264 g/mol. The first kappa shape index (κ1) is 12.5. The van der Waals surface area contributed by atoms with Crippen LogP contribution in [0, 0.1) is 0 Å². The van der Waals surface area contributed by atoms with E-state index < -0.39 is 11.9 Å². The molecule has 2 aromatic rings. The first-order chi connectivity index (χ1) is 9.65. The van der Waals surface area contributed by atoms with Gasteiger partial charge in [0, 0.05) is 12.1 Å². The normalized spacial score (nSPS) is 14.2. The van der Waals surface area contributed by atoms with Crippen LogP contribution in [0.2, 0.25) is 0 Å². The lowest BCUT2D eigenvalue weighted by atomic mass is 10.3. The molecule has 0 spiro atoms. The van der Waals surface area contributed by atoms with Crippen molar-refractivity contribution in [2.75, 3.05) is 6.54 Å². The van der Waals surface area contributed by atoms with E-state index in [0.717, 1.165) is 12.8 Å². The molecule has 1 amide bonds. The molecule has 7 heteroatoms. The summed E-state index contributed by atoms with van der Waals surface area (Å²) < 4.78 is 10.2. The molecule has 104 valence electrons. The Bertz CT molecular complexity index is 627. The smallest absolute Gasteiger partial charge is 0.323 e. The minimum Gasteiger partial charge on any atom is -0.480 e. The summed E-state index contributed by atoms with van der Waals surface area (Å²) in [5, 5.41) is 12.6. The topological polar surface area (TPSA) is 96.8 Å². The van der Waals surface area contributed by atoms with Gasteiger partial charge in [-0.3, -0.25) is 9.59 Å². The summed E-state index contributed by atoms with van der Waals surface area (Å²) in [6, 6.07) is 4.82. The van der Waals surface area contributed by atoms with Crippen molar-refractivity contribution in [3.05, 3.63) is 30.2 Å². The number of nitrogens with zero attached hydrogens (tertiary/aromatic N) is 2. The fraction of sp³-hybridized carbons (Fsp3) is 0.308. The average molecular weight is 276 g/mol. The highest BCUT2D eigenvalue weighted by molar-refractivity contribution is 5.95. The van der Waals surface area contributed by atoms with Gasteiger partial charge in [-0.1, -0.05) is 5.16 Å². The zero-order valence-corrected chi connectivity index (χ0v) is 10.5. The van der Waals surface area contributed by atoms with Gasteiger partial charge in [0.05, 0.1) is 6.26 Å². The molecule has 2 aromatic heterocycles. The maximum absolute atomic E-state index is 12.3. The highest BCUT2D eigenvalue weighted by Gasteiger charge is 2.35. The monoisotopic (exact) mass is 276 g/mol. The van der Waals surface area contributed by atoms with E-state index in [9.17, 15) is 9.59 Å². The van der Waals surface area contributed by atoms with Crippen LogP contribution in [0.3, 0.4) is 0 Å². The van der Waals surface area contributed by atoms with Crippen LogP contribution in [0.15, 0.2) is 33.4 Å². The van der Waals surface area contributed by atoms with Gasteiger partial charge in [0.2, 0.25) is 5.76 Å². The summed E-state index contributed by atoms with van der Waals surface area (Å²) in [4.78, 5) is 24.4. The van der Waals surface area contributed by atoms with E-state index in [2.05, 4.69) is 5.16 Å². The van der Waals surface area contributed by atoms with E-state index in [-0.39, 0.29) is 18.3 Å². The molecule has 1 saturated carbocycles. The fourth-order valence-corrected chi connectivity index (χ4v) is 1.96. The van der Waals surface area contributed by atoms with Gasteiger partial charge in [-0.15, -0.1) is 0 Å². The van der Waals surface area contributed by atoms with Crippen LogP contribution >= 0.6 is 0 Å². The number of rotatable bonds is 5. The number of carbonyl (C=O) groups excluding carboxylic acids is 1. The van der Waals surface area contributed by atoms with Gasteiger partial charge in [-0.25, -0.2) is 0 Å². The molecule has 1 fully saturated rings. The van der Waals surface area contributed by atoms with Gasteiger partial charge in [0.1, 0.15) is 6.54 Å². The molecule has 0 atom stereocenters. The lowest BCUT2D eigenvalue weighted by molar-refractivity contribution is -0.137. The van der Waals surface area contributed by atoms with Crippen LogP contribution in [0.4, 0.5) is 0 Å².